The van der Waals surface area contributed by atoms with Gasteiger partial charge in [0, 0.05) is 23.0 Å². The summed E-state index contributed by atoms with van der Waals surface area (Å²) in [5, 5.41) is 62.7. The van der Waals surface area contributed by atoms with Crippen LogP contribution in [0.1, 0.15) is 22.0 Å². The smallest absolute Gasteiger partial charge is 0.352 e. The maximum Gasteiger partial charge on any atom is 0.352 e. The summed E-state index contributed by atoms with van der Waals surface area (Å²) in [5.41, 5.74) is -1.80. The van der Waals surface area contributed by atoms with E-state index < -0.39 is 88.9 Å². The van der Waals surface area contributed by atoms with E-state index in [1.807, 2.05) is 0 Å². The molecule has 54 heavy (non-hydrogen) atoms. The molecule has 2 aromatic carbocycles. The zero-order chi connectivity index (χ0) is 38.8. The van der Waals surface area contributed by atoms with Gasteiger partial charge in [0.25, 0.3) is 11.8 Å². The number of aliphatic carboxylic acids is 3. The van der Waals surface area contributed by atoms with Crippen LogP contribution in [0.5, 0.6) is 17.2 Å². The van der Waals surface area contributed by atoms with Crippen molar-refractivity contribution in [2.45, 2.75) is 29.2 Å². The predicted molar refractivity (Wildman–Crippen MR) is 181 cm³/mol. The van der Waals surface area contributed by atoms with Crippen LogP contribution in [0.15, 0.2) is 68.1 Å². The number of thioether (sulfide) groups is 2. The zero-order valence-corrected chi connectivity index (χ0v) is 28.7. The average molecular weight is 784 g/mol. The normalized spacial score (nSPS) is 17.0. The second-order valence-corrected chi connectivity index (χ2v) is 13.5. The highest BCUT2D eigenvalue weighted by atomic mass is 32.2. The van der Waals surface area contributed by atoms with Gasteiger partial charge in [0.05, 0.1) is 0 Å². The van der Waals surface area contributed by atoms with E-state index >= 15 is 0 Å². The van der Waals surface area contributed by atoms with Gasteiger partial charge >= 0.3 is 23.5 Å². The second kappa shape index (κ2) is 15.2. The van der Waals surface area contributed by atoms with Gasteiger partial charge in [-0.2, -0.15) is 0 Å². The number of phenols is 2. The molecular formula is C31H25N7O14S2. The topological polar surface area (TPSA) is 314 Å². The molecule has 280 valence electrons. The molecule has 0 saturated carbocycles. The van der Waals surface area contributed by atoms with E-state index in [4.69, 9.17) is 19.4 Å². The lowest BCUT2D eigenvalue weighted by atomic mass is 10.0. The molecular weight excluding hydrogens is 759 g/mol. The predicted octanol–water partition coefficient (Wildman–Crippen LogP) is -0.259. The van der Waals surface area contributed by atoms with Crippen molar-refractivity contribution in [2.75, 3.05) is 18.1 Å². The second-order valence-electron chi connectivity index (χ2n) is 11.4. The van der Waals surface area contributed by atoms with Crippen molar-refractivity contribution < 1.29 is 63.5 Å². The Bertz CT molecular complexity index is 2310. The number of nitrogens with zero attached hydrogens (tertiary/aromatic N) is 5. The van der Waals surface area contributed by atoms with Gasteiger partial charge in [-0.15, -0.1) is 16.9 Å². The van der Waals surface area contributed by atoms with Crippen LogP contribution in [0.25, 0.3) is 11.0 Å². The van der Waals surface area contributed by atoms with Crippen LogP contribution in [0.3, 0.4) is 0 Å². The molecule has 6 rings (SSSR count). The average Bonchev–Trinajstić information content (AvgIpc) is 3.56. The number of hydrogen-bond donors (Lipinski definition) is 7. The lowest BCUT2D eigenvalue weighted by molar-refractivity contribution is -0.151. The minimum absolute atomic E-state index is 0.00796. The molecule has 23 heteroatoms. The molecule has 0 spiro atoms. The van der Waals surface area contributed by atoms with E-state index in [-0.39, 0.29) is 44.6 Å². The number of carboxylic acid groups (broad SMARTS) is 3. The van der Waals surface area contributed by atoms with Crippen LogP contribution in [-0.4, -0.2) is 116 Å². The lowest BCUT2D eigenvalue weighted by Crippen LogP contribution is -2.71. The van der Waals surface area contributed by atoms with Crippen molar-refractivity contribution in [3.8, 4) is 17.2 Å². The van der Waals surface area contributed by atoms with Gasteiger partial charge in [0.2, 0.25) is 11.1 Å². The number of carboxylic acids is 3. The maximum absolute atomic E-state index is 13.9. The Morgan fingerprint density at radius 1 is 1.02 bits per heavy atom. The maximum atomic E-state index is 13.9. The van der Waals surface area contributed by atoms with Crippen molar-refractivity contribution in [3.63, 3.8) is 0 Å². The molecule has 1 saturated heterocycles. The third kappa shape index (κ3) is 7.61. The highest BCUT2D eigenvalue weighted by molar-refractivity contribution is 8.01. The largest absolute Gasteiger partial charge is 0.504 e. The van der Waals surface area contributed by atoms with E-state index in [1.165, 1.54) is 24.3 Å². The number of nitrogens with one attached hydrogen (secondary N) is 2. The van der Waals surface area contributed by atoms with Crippen LogP contribution in [0, 0.1) is 0 Å². The van der Waals surface area contributed by atoms with Gasteiger partial charge in [-0.05, 0) is 45.8 Å². The Kier molecular flexibility index (Phi) is 10.4. The van der Waals surface area contributed by atoms with Gasteiger partial charge in [-0.25, -0.2) is 19.1 Å². The molecule has 0 radical (unpaired) electrons. The summed E-state index contributed by atoms with van der Waals surface area (Å²) in [6, 6.07) is 5.54. The Morgan fingerprint density at radius 2 is 1.74 bits per heavy atom. The van der Waals surface area contributed by atoms with Crippen LogP contribution in [0.4, 0.5) is 0 Å². The summed E-state index contributed by atoms with van der Waals surface area (Å²) in [6.07, 6.45) is 0. The van der Waals surface area contributed by atoms with E-state index in [1.54, 1.807) is 0 Å². The first-order valence-corrected chi connectivity index (χ1v) is 17.3. The number of hydrogen-bond acceptors (Lipinski definition) is 16. The zero-order valence-electron chi connectivity index (χ0n) is 27.1. The molecule has 2 aromatic heterocycles. The van der Waals surface area contributed by atoms with Crippen molar-refractivity contribution in [3.05, 3.63) is 75.3 Å². The number of carbonyl (C=O) groups is 6. The standard InChI is InChI=1S/C31H25N7O14S2/c39-17-6-13-5-16(30(50)52-19(13)7-18(17)40)25(45)32-22(12-1-3-15(4-2-12)51-9-21(43)44)26(46)33-23-27(47)38-24(29(48)49)14(10-53-28(23)38)11-54-31-34-35-36-37(31)8-20(41)42/h1-7,22-23,28,39-40H,8-11H2,(H,32,45)(H,33,46)(H,41,42)(H,43,44)(H,48,49)/t22?,23-,28+/m1/s1. The minimum Gasteiger partial charge on any atom is -0.504 e. The van der Waals surface area contributed by atoms with Crippen molar-refractivity contribution in [2.24, 2.45) is 0 Å². The van der Waals surface area contributed by atoms with Crippen molar-refractivity contribution >= 4 is 70.1 Å². The van der Waals surface area contributed by atoms with E-state index in [0.29, 0.717) is 5.57 Å². The molecule has 2 aliphatic rings. The molecule has 1 fully saturated rings. The highest BCUT2D eigenvalue weighted by Crippen LogP contribution is 2.42. The third-order valence-electron chi connectivity index (χ3n) is 7.89. The van der Waals surface area contributed by atoms with E-state index in [0.717, 1.165) is 51.3 Å². The number of phenolic OH excluding ortho intramolecular Hbond substituents is 2. The summed E-state index contributed by atoms with van der Waals surface area (Å²) in [5.74, 6) is -7.64. The molecule has 2 aliphatic heterocycles. The van der Waals surface area contributed by atoms with Gasteiger partial charge in [0.15, 0.2) is 18.1 Å². The van der Waals surface area contributed by atoms with Gasteiger partial charge in [-0.3, -0.25) is 24.1 Å². The monoisotopic (exact) mass is 783 g/mol. The van der Waals surface area contributed by atoms with Crippen LogP contribution >= 0.6 is 23.5 Å². The molecule has 3 amide bonds. The number of β-lactam (4-membered cyclic amide) rings is 1. The lowest BCUT2D eigenvalue weighted by Gasteiger charge is -2.49. The molecule has 7 N–H and O–H groups in total. The Hall–Kier alpha value is -6.62. The number of aromatic hydroxyl groups is 2. The summed E-state index contributed by atoms with van der Waals surface area (Å²) < 4.78 is 11.3. The third-order valence-corrected chi connectivity index (χ3v) is 10.3. The number of aromatic nitrogens is 4. The number of benzene rings is 2. The quantitative estimate of drug-likeness (QED) is 0.0375. The molecule has 4 aromatic rings. The molecule has 21 nitrogen and oxygen atoms in total. The number of fused-ring (bicyclic) bond motifs is 2. The first kappa shape index (κ1) is 37.1. The summed E-state index contributed by atoms with van der Waals surface area (Å²) in [4.78, 5) is 89.0. The molecule has 4 heterocycles. The minimum atomic E-state index is -1.59. The van der Waals surface area contributed by atoms with Crippen LogP contribution < -0.4 is 21.0 Å². The molecule has 3 atom stereocenters. The number of rotatable bonds is 14. The summed E-state index contributed by atoms with van der Waals surface area (Å²) >= 11 is 2.11. The summed E-state index contributed by atoms with van der Waals surface area (Å²) in [7, 11) is 0. The number of amides is 3. The molecule has 0 aliphatic carbocycles. The SMILES string of the molecule is O=C(O)COc1ccc(C(NC(=O)c2cc3cc(O)c(O)cc3oc2=O)C(=O)N[C@@H]2C(=O)N3C(C(=O)O)=C(CSc4nnnn4CC(=O)O)CS[C@@H]23)cc1. The van der Waals surface area contributed by atoms with Crippen molar-refractivity contribution in [1.82, 2.24) is 35.7 Å². The fraction of sp³-hybridized carbons (Fsp3) is 0.226. The van der Waals surface area contributed by atoms with Gasteiger partial charge in [-0.1, -0.05) is 23.9 Å². The molecule has 0 bridgehead atoms. The fourth-order valence-electron chi connectivity index (χ4n) is 5.42. The van der Waals surface area contributed by atoms with Crippen molar-refractivity contribution in [1.29, 1.82) is 0 Å². The van der Waals surface area contributed by atoms with E-state index in [9.17, 15) is 48.9 Å². The van der Waals surface area contributed by atoms with Crippen LogP contribution in [-0.2, 0) is 30.5 Å². The Labute approximate surface area is 308 Å². The van der Waals surface area contributed by atoms with Crippen LogP contribution in [0.2, 0.25) is 0 Å². The Balaban J connectivity index is 1.23. The first-order valence-electron chi connectivity index (χ1n) is 15.3. The highest BCUT2D eigenvalue weighted by Gasteiger charge is 2.54. The summed E-state index contributed by atoms with van der Waals surface area (Å²) in [6.45, 7) is -1.19. The Morgan fingerprint density at radius 3 is 2.43 bits per heavy atom. The van der Waals surface area contributed by atoms with Gasteiger partial charge in [0.1, 0.15) is 46.6 Å². The number of carbonyl (C=O) groups excluding carboxylic acids is 3. The van der Waals surface area contributed by atoms with E-state index in [2.05, 4.69) is 26.2 Å². The molecule has 1 unspecified atom stereocenters. The first-order chi connectivity index (χ1) is 25.7. The van der Waals surface area contributed by atoms with Gasteiger partial charge < -0.3 is 45.3 Å². The fourth-order valence-corrected chi connectivity index (χ4v) is 7.78. The number of tetrazole rings is 1. The number of ether oxygens (including phenoxy) is 1.